The van der Waals surface area contributed by atoms with Crippen molar-refractivity contribution in [2.24, 2.45) is 0 Å². The molecule has 0 saturated carbocycles. The summed E-state index contributed by atoms with van der Waals surface area (Å²) in [5.74, 6) is 0.520. The number of hydrogen-bond acceptors (Lipinski definition) is 4. The lowest BCUT2D eigenvalue weighted by Crippen LogP contribution is -2.45. The van der Waals surface area contributed by atoms with Gasteiger partial charge in [0, 0.05) is 44.5 Å². The molecule has 1 aliphatic rings. The Morgan fingerprint density at radius 1 is 1.19 bits per heavy atom. The van der Waals surface area contributed by atoms with E-state index in [1.54, 1.807) is 25.3 Å². The van der Waals surface area contributed by atoms with Gasteiger partial charge in [0.2, 0.25) is 0 Å². The second kappa shape index (κ2) is 8.23. The van der Waals surface area contributed by atoms with Crippen molar-refractivity contribution in [1.29, 1.82) is 0 Å². The fourth-order valence-corrected chi connectivity index (χ4v) is 3.55. The van der Waals surface area contributed by atoms with Crippen molar-refractivity contribution in [2.75, 3.05) is 33.0 Å². The molecule has 0 atom stereocenters. The molecular formula is C21H27N3O2. The Hall–Kier alpha value is -2.53. The number of methoxy groups -OCH3 is 1. The monoisotopic (exact) mass is 353 g/mol. The van der Waals surface area contributed by atoms with Gasteiger partial charge in [-0.25, -0.2) is 0 Å². The van der Waals surface area contributed by atoms with Gasteiger partial charge in [0.15, 0.2) is 0 Å². The fraction of sp³-hybridized carbons (Fsp3) is 0.381. The number of benzene rings is 2. The summed E-state index contributed by atoms with van der Waals surface area (Å²) < 4.78 is 5.33. The summed E-state index contributed by atoms with van der Waals surface area (Å²) in [5.41, 5.74) is 8.28. The zero-order chi connectivity index (χ0) is 18.5. The summed E-state index contributed by atoms with van der Waals surface area (Å²) in [4.78, 5) is 17.2. The highest BCUT2D eigenvalue weighted by Gasteiger charge is 2.27. The van der Waals surface area contributed by atoms with E-state index in [0.29, 0.717) is 17.0 Å². The first-order chi connectivity index (χ1) is 12.6. The quantitative estimate of drug-likeness (QED) is 0.840. The summed E-state index contributed by atoms with van der Waals surface area (Å²) in [6.07, 6.45) is 1.96. The van der Waals surface area contributed by atoms with Crippen LogP contribution in [-0.2, 0) is 6.54 Å². The van der Waals surface area contributed by atoms with Crippen LogP contribution in [0.5, 0.6) is 5.75 Å². The van der Waals surface area contributed by atoms with Crippen LogP contribution in [0.3, 0.4) is 0 Å². The van der Waals surface area contributed by atoms with Gasteiger partial charge in [-0.2, -0.15) is 0 Å². The second-order valence-electron chi connectivity index (χ2n) is 6.87. The summed E-state index contributed by atoms with van der Waals surface area (Å²) in [5, 5.41) is 0. The molecule has 2 N–H and O–H groups in total. The normalized spacial score (nSPS) is 15.6. The Labute approximate surface area is 155 Å². The Kier molecular flexibility index (Phi) is 5.78. The predicted molar refractivity (Wildman–Crippen MR) is 104 cm³/mol. The third-order valence-electron chi connectivity index (χ3n) is 5.13. The summed E-state index contributed by atoms with van der Waals surface area (Å²) >= 11 is 0. The maximum atomic E-state index is 12.9. The van der Waals surface area contributed by atoms with Crippen LogP contribution in [0, 0.1) is 0 Å². The van der Waals surface area contributed by atoms with Crippen LogP contribution < -0.4 is 10.5 Å². The molecule has 3 rings (SSSR count). The van der Waals surface area contributed by atoms with E-state index < -0.39 is 0 Å². The molecule has 1 fully saturated rings. The first kappa shape index (κ1) is 18.3. The number of carbonyl (C=O) groups excluding carboxylic acids is 1. The maximum absolute atomic E-state index is 12.9. The molecule has 0 aromatic heterocycles. The highest BCUT2D eigenvalue weighted by atomic mass is 16.5. The Balaban J connectivity index is 1.59. The van der Waals surface area contributed by atoms with Gasteiger partial charge in [-0.15, -0.1) is 0 Å². The highest BCUT2D eigenvalue weighted by Crippen LogP contribution is 2.25. The van der Waals surface area contributed by atoms with E-state index in [0.717, 1.165) is 32.5 Å². The first-order valence-electron chi connectivity index (χ1n) is 9.05. The number of hydrogen-bond donors (Lipinski definition) is 1. The summed E-state index contributed by atoms with van der Waals surface area (Å²) in [6, 6.07) is 16.0. The molecule has 0 radical (unpaired) electrons. The number of nitrogens with zero attached hydrogens (tertiary/aromatic N) is 2. The molecule has 0 bridgehead atoms. The minimum Gasteiger partial charge on any atom is -0.496 e. The number of rotatable bonds is 5. The molecule has 2 aromatic carbocycles. The number of anilines is 1. The standard InChI is InChI=1S/C21H27N3O2/c1-23(21(25)19-9-8-17(22)14-20(19)26-2)18-10-12-24(13-11-18)15-16-6-4-3-5-7-16/h3-9,14,18H,10-13,15,22H2,1-2H3. The molecular weight excluding hydrogens is 326 g/mol. The SMILES string of the molecule is COc1cc(N)ccc1C(=O)N(C)C1CCN(Cc2ccccc2)CC1. The van der Waals surface area contributed by atoms with E-state index >= 15 is 0 Å². The van der Waals surface area contributed by atoms with Crippen LogP contribution in [0.25, 0.3) is 0 Å². The van der Waals surface area contributed by atoms with Gasteiger partial charge in [-0.1, -0.05) is 30.3 Å². The number of carbonyl (C=O) groups is 1. The summed E-state index contributed by atoms with van der Waals surface area (Å²) in [6.45, 7) is 2.96. The molecule has 1 aliphatic heterocycles. The van der Waals surface area contributed by atoms with Crippen molar-refractivity contribution in [3.63, 3.8) is 0 Å². The number of nitrogen functional groups attached to an aromatic ring is 1. The van der Waals surface area contributed by atoms with Gasteiger partial charge in [-0.05, 0) is 30.5 Å². The van der Waals surface area contributed by atoms with E-state index in [2.05, 4.69) is 29.2 Å². The van der Waals surface area contributed by atoms with E-state index in [9.17, 15) is 4.79 Å². The Morgan fingerprint density at radius 3 is 2.54 bits per heavy atom. The van der Waals surface area contributed by atoms with Gasteiger partial charge in [-0.3, -0.25) is 9.69 Å². The summed E-state index contributed by atoms with van der Waals surface area (Å²) in [7, 11) is 3.45. The highest BCUT2D eigenvalue weighted by molar-refractivity contribution is 5.97. The predicted octanol–water partition coefficient (Wildman–Crippen LogP) is 3.01. The largest absolute Gasteiger partial charge is 0.496 e. The Morgan fingerprint density at radius 2 is 1.88 bits per heavy atom. The smallest absolute Gasteiger partial charge is 0.257 e. The van der Waals surface area contributed by atoms with Crippen molar-refractivity contribution >= 4 is 11.6 Å². The third kappa shape index (κ3) is 4.17. The molecule has 138 valence electrons. The molecule has 0 spiro atoms. The zero-order valence-corrected chi connectivity index (χ0v) is 15.5. The van der Waals surface area contributed by atoms with E-state index in [1.807, 2.05) is 18.0 Å². The van der Waals surface area contributed by atoms with Crippen molar-refractivity contribution in [3.8, 4) is 5.75 Å². The molecule has 1 saturated heterocycles. The number of nitrogens with two attached hydrogens (primary N) is 1. The Bertz CT molecular complexity index is 740. The molecule has 1 heterocycles. The van der Waals surface area contributed by atoms with E-state index in [-0.39, 0.29) is 11.9 Å². The lowest BCUT2D eigenvalue weighted by atomic mass is 10.0. The molecule has 5 heteroatoms. The van der Waals surface area contributed by atoms with Gasteiger partial charge in [0.1, 0.15) is 5.75 Å². The average Bonchev–Trinajstić information content (AvgIpc) is 2.68. The molecule has 1 amide bonds. The number of amides is 1. The number of piperidine rings is 1. The molecule has 0 unspecified atom stereocenters. The van der Waals surface area contributed by atoms with Crippen LogP contribution >= 0.6 is 0 Å². The number of ether oxygens (including phenoxy) is 1. The number of likely N-dealkylation sites (tertiary alicyclic amines) is 1. The van der Waals surface area contributed by atoms with Gasteiger partial charge >= 0.3 is 0 Å². The van der Waals surface area contributed by atoms with Crippen molar-refractivity contribution in [2.45, 2.75) is 25.4 Å². The first-order valence-corrected chi connectivity index (χ1v) is 9.05. The third-order valence-corrected chi connectivity index (χ3v) is 5.13. The second-order valence-corrected chi connectivity index (χ2v) is 6.87. The topological polar surface area (TPSA) is 58.8 Å². The fourth-order valence-electron chi connectivity index (χ4n) is 3.55. The van der Waals surface area contributed by atoms with Crippen molar-refractivity contribution < 1.29 is 9.53 Å². The van der Waals surface area contributed by atoms with Crippen LogP contribution in [0.4, 0.5) is 5.69 Å². The lowest BCUT2D eigenvalue weighted by Gasteiger charge is -2.37. The van der Waals surface area contributed by atoms with Crippen molar-refractivity contribution in [1.82, 2.24) is 9.80 Å². The van der Waals surface area contributed by atoms with Crippen LogP contribution in [0.15, 0.2) is 48.5 Å². The van der Waals surface area contributed by atoms with Crippen molar-refractivity contribution in [3.05, 3.63) is 59.7 Å². The van der Waals surface area contributed by atoms with E-state index in [1.165, 1.54) is 5.56 Å². The molecule has 0 aliphatic carbocycles. The van der Waals surface area contributed by atoms with Crippen LogP contribution in [0.1, 0.15) is 28.8 Å². The van der Waals surface area contributed by atoms with E-state index in [4.69, 9.17) is 10.5 Å². The average molecular weight is 353 g/mol. The lowest BCUT2D eigenvalue weighted by molar-refractivity contribution is 0.0633. The van der Waals surface area contributed by atoms with Crippen LogP contribution in [0.2, 0.25) is 0 Å². The van der Waals surface area contributed by atoms with Crippen LogP contribution in [-0.4, -0.2) is 49.0 Å². The molecule has 26 heavy (non-hydrogen) atoms. The minimum atomic E-state index is -0.0108. The van der Waals surface area contributed by atoms with Gasteiger partial charge in [0.05, 0.1) is 12.7 Å². The molecule has 2 aromatic rings. The van der Waals surface area contributed by atoms with Gasteiger partial charge < -0.3 is 15.4 Å². The molecule has 5 nitrogen and oxygen atoms in total. The zero-order valence-electron chi connectivity index (χ0n) is 15.5. The maximum Gasteiger partial charge on any atom is 0.257 e. The van der Waals surface area contributed by atoms with Gasteiger partial charge in [0.25, 0.3) is 5.91 Å². The minimum absolute atomic E-state index is 0.0108.